The van der Waals surface area contributed by atoms with Gasteiger partial charge in [-0.3, -0.25) is 19.5 Å². The number of hydrogen-bond donors (Lipinski definition) is 2. The van der Waals surface area contributed by atoms with Crippen molar-refractivity contribution in [2.45, 2.75) is 40.3 Å². The largest absolute Gasteiger partial charge is 0.332 e. The fourth-order valence-electron chi connectivity index (χ4n) is 2.38. The Morgan fingerprint density at radius 3 is 2.60 bits per heavy atom. The molecule has 2 amide bonds. The Hall–Kier alpha value is -1.89. The van der Waals surface area contributed by atoms with Gasteiger partial charge in [-0.15, -0.1) is 0 Å². The van der Waals surface area contributed by atoms with Crippen molar-refractivity contribution in [3.63, 3.8) is 0 Å². The van der Waals surface area contributed by atoms with Crippen LogP contribution in [0, 0.1) is 5.41 Å². The van der Waals surface area contributed by atoms with Crippen LogP contribution in [0.1, 0.15) is 49.9 Å². The average molecular weight is 280 g/mol. The number of aromatic nitrogens is 2. The number of nitrogens with zero attached hydrogens (tertiary/aromatic N) is 3. The van der Waals surface area contributed by atoms with Crippen LogP contribution in [0.15, 0.2) is 6.07 Å². The molecule has 1 aromatic heterocycles. The Morgan fingerprint density at radius 2 is 2.05 bits per heavy atom. The predicted molar refractivity (Wildman–Crippen MR) is 71.1 cm³/mol. The first-order chi connectivity index (χ1) is 9.25. The molecule has 110 valence electrons. The fraction of sp³-hybridized carbons (Fsp3) is 0.615. The summed E-state index contributed by atoms with van der Waals surface area (Å²) in [6, 6.07) is 1.46. The van der Waals surface area contributed by atoms with E-state index in [1.807, 2.05) is 27.7 Å². The van der Waals surface area contributed by atoms with Crippen LogP contribution in [0.3, 0.4) is 0 Å². The van der Waals surface area contributed by atoms with Crippen molar-refractivity contribution < 1.29 is 14.8 Å². The van der Waals surface area contributed by atoms with E-state index in [1.165, 1.54) is 0 Å². The fourth-order valence-corrected chi connectivity index (χ4v) is 2.38. The molecular weight excluding hydrogens is 260 g/mol. The summed E-state index contributed by atoms with van der Waals surface area (Å²) in [5.41, 5.74) is 2.08. The van der Waals surface area contributed by atoms with Gasteiger partial charge >= 0.3 is 0 Å². The highest BCUT2D eigenvalue weighted by atomic mass is 16.5. The summed E-state index contributed by atoms with van der Waals surface area (Å²) in [7, 11) is 0. The minimum absolute atomic E-state index is 0.0746. The van der Waals surface area contributed by atoms with E-state index in [9.17, 15) is 9.59 Å². The van der Waals surface area contributed by atoms with Gasteiger partial charge in [-0.2, -0.15) is 5.10 Å². The summed E-state index contributed by atoms with van der Waals surface area (Å²) in [4.78, 5) is 25.6. The van der Waals surface area contributed by atoms with E-state index in [1.54, 1.807) is 21.1 Å². The van der Waals surface area contributed by atoms with Gasteiger partial charge in [0.25, 0.3) is 5.91 Å². The molecule has 20 heavy (non-hydrogen) atoms. The molecule has 7 heteroatoms. The lowest BCUT2D eigenvalue weighted by Crippen LogP contribution is -2.46. The number of rotatable bonds is 1. The summed E-state index contributed by atoms with van der Waals surface area (Å²) < 4.78 is 1.71. The maximum atomic E-state index is 12.4. The van der Waals surface area contributed by atoms with Crippen LogP contribution in [-0.4, -0.2) is 38.2 Å². The SMILES string of the molecule is CC1c2cc(C(=O)NO)nn2CCN1C(=O)C(C)(C)C. The number of nitrogens with one attached hydrogen (secondary N) is 1. The van der Waals surface area contributed by atoms with Crippen LogP contribution in [0.2, 0.25) is 0 Å². The average Bonchev–Trinajstić information content (AvgIpc) is 2.81. The topological polar surface area (TPSA) is 87.5 Å². The van der Waals surface area contributed by atoms with Crippen LogP contribution in [0.25, 0.3) is 0 Å². The van der Waals surface area contributed by atoms with Gasteiger partial charge in [0.2, 0.25) is 5.91 Å². The van der Waals surface area contributed by atoms with Gasteiger partial charge < -0.3 is 4.90 Å². The highest BCUT2D eigenvalue weighted by molar-refractivity contribution is 5.91. The van der Waals surface area contributed by atoms with Gasteiger partial charge in [-0.05, 0) is 13.0 Å². The Kier molecular flexibility index (Phi) is 3.56. The zero-order chi connectivity index (χ0) is 15.1. The number of hydroxylamine groups is 1. The summed E-state index contributed by atoms with van der Waals surface area (Å²) >= 11 is 0. The van der Waals surface area contributed by atoms with E-state index in [4.69, 9.17) is 5.21 Å². The zero-order valence-electron chi connectivity index (χ0n) is 12.2. The number of carbonyl (C=O) groups excluding carboxylic acids is 2. The molecule has 2 heterocycles. The second kappa shape index (κ2) is 4.90. The molecule has 1 unspecified atom stereocenters. The van der Waals surface area contributed by atoms with Crippen LogP contribution < -0.4 is 5.48 Å². The lowest BCUT2D eigenvalue weighted by atomic mass is 9.93. The number of hydrogen-bond acceptors (Lipinski definition) is 4. The lowest BCUT2D eigenvalue weighted by Gasteiger charge is -2.37. The molecule has 0 aromatic carbocycles. The third-order valence-corrected chi connectivity index (χ3v) is 3.50. The molecular formula is C13H20N4O3. The molecule has 1 aromatic rings. The van der Waals surface area contributed by atoms with Crippen LogP contribution in [0.5, 0.6) is 0 Å². The van der Waals surface area contributed by atoms with Crippen LogP contribution in [-0.2, 0) is 11.3 Å². The van der Waals surface area contributed by atoms with Gasteiger partial charge in [0.05, 0.1) is 18.3 Å². The summed E-state index contributed by atoms with van der Waals surface area (Å²) in [5, 5.41) is 12.8. The molecule has 1 aliphatic heterocycles. The van der Waals surface area contributed by atoms with Crippen LogP contribution >= 0.6 is 0 Å². The molecule has 0 saturated heterocycles. The highest BCUT2D eigenvalue weighted by Crippen LogP contribution is 2.29. The van der Waals surface area contributed by atoms with E-state index in [0.29, 0.717) is 13.1 Å². The Balaban J connectivity index is 2.30. The van der Waals surface area contributed by atoms with E-state index in [2.05, 4.69) is 5.10 Å². The van der Waals surface area contributed by atoms with E-state index in [0.717, 1.165) is 5.69 Å². The minimum atomic E-state index is -0.646. The summed E-state index contributed by atoms with van der Waals surface area (Å²) in [5.74, 6) is -0.571. The van der Waals surface area contributed by atoms with E-state index >= 15 is 0 Å². The van der Waals surface area contributed by atoms with Gasteiger partial charge in [0.15, 0.2) is 5.69 Å². The standard InChI is InChI=1S/C13H20N4O3/c1-8-10-7-9(11(18)15-20)14-17(10)6-5-16(8)12(19)13(2,3)4/h7-8,20H,5-6H2,1-4H3,(H,15,18). The number of fused-ring (bicyclic) bond motifs is 1. The van der Waals surface area contributed by atoms with E-state index < -0.39 is 11.3 Å². The first-order valence-electron chi connectivity index (χ1n) is 6.59. The summed E-state index contributed by atoms with van der Waals surface area (Å²) in [6.45, 7) is 8.68. The Labute approximate surface area is 117 Å². The molecule has 0 aliphatic carbocycles. The molecule has 2 N–H and O–H groups in total. The zero-order valence-corrected chi connectivity index (χ0v) is 12.2. The highest BCUT2D eigenvalue weighted by Gasteiger charge is 2.35. The Bertz CT molecular complexity index is 544. The molecule has 0 spiro atoms. The van der Waals surface area contributed by atoms with Crippen molar-refractivity contribution in [3.8, 4) is 0 Å². The molecule has 0 fully saturated rings. The second-order valence-corrected chi connectivity index (χ2v) is 6.04. The van der Waals surface area contributed by atoms with Crippen molar-refractivity contribution in [1.29, 1.82) is 0 Å². The number of carbonyl (C=O) groups is 2. The maximum absolute atomic E-state index is 12.4. The van der Waals surface area contributed by atoms with Crippen LogP contribution in [0.4, 0.5) is 0 Å². The van der Waals surface area contributed by atoms with Crippen molar-refractivity contribution in [3.05, 3.63) is 17.5 Å². The quantitative estimate of drug-likeness (QED) is 0.592. The van der Waals surface area contributed by atoms with Gasteiger partial charge in [0, 0.05) is 12.0 Å². The second-order valence-electron chi connectivity index (χ2n) is 6.04. The molecule has 1 atom stereocenters. The monoisotopic (exact) mass is 280 g/mol. The van der Waals surface area contributed by atoms with Crippen molar-refractivity contribution in [1.82, 2.24) is 20.2 Å². The Morgan fingerprint density at radius 1 is 1.40 bits per heavy atom. The smallest absolute Gasteiger partial charge is 0.295 e. The molecule has 1 aliphatic rings. The van der Waals surface area contributed by atoms with Crippen molar-refractivity contribution in [2.24, 2.45) is 5.41 Å². The number of amides is 2. The molecule has 2 rings (SSSR count). The normalized spacial score (nSPS) is 18.6. The van der Waals surface area contributed by atoms with Gasteiger partial charge in [-0.25, -0.2) is 5.48 Å². The first-order valence-corrected chi connectivity index (χ1v) is 6.59. The molecule has 0 radical (unpaired) electrons. The minimum Gasteiger partial charge on any atom is -0.332 e. The maximum Gasteiger partial charge on any atom is 0.295 e. The predicted octanol–water partition coefficient (Wildman–Crippen LogP) is 0.951. The third kappa shape index (κ3) is 2.40. The first kappa shape index (κ1) is 14.5. The van der Waals surface area contributed by atoms with E-state index in [-0.39, 0.29) is 17.6 Å². The van der Waals surface area contributed by atoms with Gasteiger partial charge in [-0.1, -0.05) is 20.8 Å². The van der Waals surface area contributed by atoms with Gasteiger partial charge in [0.1, 0.15) is 0 Å². The summed E-state index contributed by atoms with van der Waals surface area (Å²) in [6.07, 6.45) is 0. The molecule has 7 nitrogen and oxygen atoms in total. The molecule has 0 bridgehead atoms. The lowest BCUT2D eigenvalue weighted by molar-refractivity contribution is -0.142. The van der Waals surface area contributed by atoms with Crippen molar-refractivity contribution in [2.75, 3.05) is 6.54 Å². The molecule has 0 saturated carbocycles. The third-order valence-electron chi connectivity index (χ3n) is 3.50. The van der Waals surface area contributed by atoms with Crippen molar-refractivity contribution >= 4 is 11.8 Å².